The lowest BCUT2D eigenvalue weighted by atomic mass is 10.0. The van der Waals surface area contributed by atoms with Crippen molar-refractivity contribution in [1.29, 1.82) is 0 Å². The van der Waals surface area contributed by atoms with Gasteiger partial charge in [-0.3, -0.25) is 9.59 Å². The Kier molecular flexibility index (Phi) is 5.05. The van der Waals surface area contributed by atoms with Crippen LogP contribution in [-0.2, 0) is 6.42 Å². The van der Waals surface area contributed by atoms with Gasteiger partial charge in [0.1, 0.15) is 0 Å². The summed E-state index contributed by atoms with van der Waals surface area (Å²) in [5.41, 5.74) is 3.46. The summed E-state index contributed by atoms with van der Waals surface area (Å²) >= 11 is 1.61. The van der Waals surface area contributed by atoms with Crippen LogP contribution in [0.25, 0.3) is 0 Å². The van der Waals surface area contributed by atoms with E-state index in [1.165, 1.54) is 5.56 Å². The van der Waals surface area contributed by atoms with Crippen molar-refractivity contribution < 1.29 is 9.59 Å². The highest BCUT2D eigenvalue weighted by Gasteiger charge is 2.25. The van der Waals surface area contributed by atoms with Crippen molar-refractivity contribution in [3.8, 4) is 0 Å². The Labute approximate surface area is 147 Å². The Morgan fingerprint density at radius 3 is 2.54 bits per heavy atom. The number of amides is 1. The zero-order chi connectivity index (χ0) is 17.1. The molecule has 0 saturated carbocycles. The van der Waals surface area contributed by atoms with Crippen molar-refractivity contribution in [2.75, 3.05) is 17.2 Å². The van der Waals surface area contributed by atoms with E-state index < -0.39 is 0 Å². The molecule has 0 saturated heterocycles. The quantitative estimate of drug-likeness (QED) is 0.817. The number of nitrogens with zero attached hydrogens (tertiary/aromatic N) is 1. The third kappa shape index (κ3) is 3.11. The second kappa shape index (κ2) is 7.22. The van der Waals surface area contributed by atoms with Gasteiger partial charge in [0.2, 0.25) is 0 Å². The number of hydrogen-bond acceptors (Lipinski definition) is 3. The molecule has 0 unspecified atom stereocenters. The number of Topliss-reactive ketones (excluding diaryl/α,β-unsaturated/α-hetero) is 1. The molecule has 1 heterocycles. The molecule has 0 spiro atoms. The predicted molar refractivity (Wildman–Crippen MR) is 99.3 cm³/mol. The fourth-order valence-corrected chi connectivity index (χ4v) is 4.10. The van der Waals surface area contributed by atoms with E-state index in [0.717, 1.165) is 22.8 Å². The monoisotopic (exact) mass is 339 g/mol. The number of anilines is 1. The standard InChI is InChI=1S/C20H21NO2S/c1-3-14-8-10-15(11-9-14)21(4-2)20(23)17-7-5-6-16-18(22)12-13-24-19(16)17/h5-11H,3-4,12-13H2,1-2H3. The Bertz CT molecular complexity index is 768. The first-order valence-electron chi connectivity index (χ1n) is 8.35. The van der Waals surface area contributed by atoms with Gasteiger partial charge in [0.15, 0.2) is 5.78 Å². The van der Waals surface area contributed by atoms with Crippen molar-refractivity contribution >= 4 is 29.1 Å². The molecule has 124 valence electrons. The van der Waals surface area contributed by atoms with Crippen molar-refractivity contribution in [3.63, 3.8) is 0 Å². The number of carbonyl (C=O) groups is 2. The Morgan fingerprint density at radius 1 is 1.12 bits per heavy atom. The summed E-state index contributed by atoms with van der Waals surface area (Å²) in [6, 6.07) is 13.6. The molecule has 4 heteroatoms. The van der Waals surface area contributed by atoms with E-state index >= 15 is 0 Å². The minimum Gasteiger partial charge on any atom is -0.309 e. The Hall–Kier alpha value is -2.07. The summed E-state index contributed by atoms with van der Waals surface area (Å²) < 4.78 is 0. The maximum absolute atomic E-state index is 13.1. The summed E-state index contributed by atoms with van der Waals surface area (Å²) in [4.78, 5) is 27.8. The minimum absolute atomic E-state index is 0.0409. The number of thioether (sulfide) groups is 1. The van der Waals surface area contributed by atoms with Crippen LogP contribution in [0.2, 0.25) is 0 Å². The molecule has 2 aromatic rings. The fraction of sp³-hybridized carbons (Fsp3) is 0.300. The molecule has 0 bridgehead atoms. The summed E-state index contributed by atoms with van der Waals surface area (Å²) in [6.45, 7) is 4.67. The van der Waals surface area contributed by atoms with Crippen molar-refractivity contribution in [1.82, 2.24) is 0 Å². The number of benzene rings is 2. The van der Waals surface area contributed by atoms with Gasteiger partial charge in [-0.15, -0.1) is 11.8 Å². The van der Waals surface area contributed by atoms with Crippen LogP contribution < -0.4 is 4.90 Å². The normalized spacial score (nSPS) is 13.5. The van der Waals surface area contributed by atoms with E-state index in [0.29, 0.717) is 24.1 Å². The number of hydrogen-bond donors (Lipinski definition) is 0. The summed E-state index contributed by atoms with van der Waals surface area (Å²) in [5, 5.41) is 0. The highest BCUT2D eigenvalue weighted by atomic mass is 32.2. The van der Waals surface area contributed by atoms with E-state index in [2.05, 4.69) is 19.1 Å². The van der Waals surface area contributed by atoms with Crippen LogP contribution in [0.15, 0.2) is 47.4 Å². The number of aryl methyl sites for hydroxylation is 1. The third-order valence-corrected chi connectivity index (χ3v) is 5.48. The van der Waals surface area contributed by atoms with Crippen LogP contribution in [0.3, 0.4) is 0 Å². The molecule has 0 fully saturated rings. The summed E-state index contributed by atoms with van der Waals surface area (Å²) in [7, 11) is 0. The highest BCUT2D eigenvalue weighted by Crippen LogP contribution is 2.34. The predicted octanol–water partition coefficient (Wildman–Crippen LogP) is 4.59. The first-order valence-corrected chi connectivity index (χ1v) is 9.34. The largest absolute Gasteiger partial charge is 0.309 e. The van der Waals surface area contributed by atoms with Crippen LogP contribution in [0.4, 0.5) is 5.69 Å². The molecule has 0 aliphatic carbocycles. The minimum atomic E-state index is -0.0409. The summed E-state index contributed by atoms with van der Waals surface area (Å²) in [6.07, 6.45) is 1.52. The zero-order valence-electron chi connectivity index (χ0n) is 14.0. The van der Waals surface area contributed by atoms with Crippen molar-refractivity contribution in [2.45, 2.75) is 31.6 Å². The second-order valence-corrected chi connectivity index (χ2v) is 6.88. The molecule has 1 aliphatic heterocycles. The van der Waals surface area contributed by atoms with Gasteiger partial charge in [-0.2, -0.15) is 0 Å². The highest BCUT2D eigenvalue weighted by molar-refractivity contribution is 7.99. The molecule has 2 aromatic carbocycles. The van der Waals surface area contributed by atoms with Gasteiger partial charge in [0.05, 0.1) is 5.56 Å². The first kappa shape index (κ1) is 16.8. The van der Waals surface area contributed by atoms with Crippen LogP contribution in [0.5, 0.6) is 0 Å². The van der Waals surface area contributed by atoms with Crippen molar-refractivity contribution in [2.24, 2.45) is 0 Å². The van der Waals surface area contributed by atoms with E-state index in [9.17, 15) is 9.59 Å². The van der Waals surface area contributed by atoms with Crippen LogP contribution in [0, 0.1) is 0 Å². The molecule has 1 aliphatic rings. The lowest BCUT2D eigenvalue weighted by molar-refractivity contribution is 0.0982. The van der Waals surface area contributed by atoms with Crippen LogP contribution >= 0.6 is 11.8 Å². The molecule has 0 atom stereocenters. The molecule has 0 N–H and O–H groups in total. The molecule has 24 heavy (non-hydrogen) atoms. The van der Waals surface area contributed by atoms with E-state index in [1.807, 2.05) is 37.3 Å². The maximum Gasteiger partial charge on any atom is 0.259 e. The molecule has 3 nitrogen and oxygen atoms in total. The third-order valence-electron chi connectivity index (χ3n) is 4.34. The average molecular weight is 339 g/mol. The van der Waals surface area contributed by atoms with Crippen LogP contribution in [-0.4, -0.2) is 24.0 Å². The van der Waals surface area contributed by atoms with Crippen molar-refractivity contribution in [3.05, 3.63) is 59.2 Å². The number of carbonyl (C=O) groups excluding carboxylic acids is 2. The molecule has 0 aromatic heterocycles. The Morgan fingerprint density at radius 2 is 1.88 bits per heavy atom. The molecular weight excluding hydrogens is 318 g/mol. The van der Waals surface area contributed by atoms with E-state index in [-0.39, 0.29) is 11.7 Å². The van der Waals surface area contributed by atoms with Gasteiger partial charge in [-0.25, -0.2) is 0 Å². The zero-order valence-corrected chi connectivity index (χ0v) is 14.9. The first-order chi connectivity index (χ1) is 11.7. The van der Waals surface area contributed by atoms with Gasteiger partial charge < -0.3 is 4.90 Å². The number of fused-ring (bicyclic) bond motifs is 1. The van der Waals surface area contributed by atoms with Gasteiger partial charge in [-0.05, 0) is 37.1 Å². The van der Waals surface area contributed by atoms with Gasteiger partial charge >= 0.3 is 0 Å². The summed E-state index contributed by atoms with van der Waals surface area (Å²) in [5.74, 6) is 0.836. The smallest absolute Gasteiger partial charge is 0.259 e. The molecule has 1 amide bonds. The van der Waals surface area contributed by atoms with Crippen LogP contribution in [0.1, 0.15) is 46.5 Å². The second-order valence-electron chi connectivity index (χ2n) is 5.77. The lowest BCUT2D eigenvalue weighted by Gasteiger charge is -2.24. The average Bonchev–Trinajstić information content (AvgIpc) is 2.63. The fourth-order valence-electron chi connectivity index (χ4n) is 2.96. The number of ketones is 1. The van der Waals surface area contributed by atoms with Gasteiger partial charge in [-0.1, -0.05) is 31.2 Å². The molecular formula is C20H21NO2S. The van der Waals surface area contributed by atoms with E-state index in [4.69, 9.17) is 0 Å². The molecule has 3 rings (SSSR count). The van der Waals surface area contributed by atoms with Gasteiger partial charge in [0.25, 0.3) is 5.91 Å². The molecule has 0 radical (unpaired) electrons. The van der Waals surface area contributed by atoms with E-state index in [1.54, 1.807) is 16.7 Å². The SMILES string of the molecule is CCc1ccc(N(CC)C(=O)c2cccc3c2SCCC3=O)cc1. The number of rotatable bonds is 4. The Balaban J connectivity index is 1.97. The van der Waals surface area contributed by atoms with Gasteiger partial charge in [0, 0.05) is 34.9 Å². The lowest BCUT2D eigenvalue weighted by Crippen LogP contribution is -2.31. The maximum atomic E-state index is 13.1. The topological polar surface area (TPSA) is 37.4 Å².